The SMILES string of the molecule is CNc1nc2ccc(-c3cnc(OC)c(S(=O)(=O)Nc4ccccc4)c3)cc2c(=O)n1-c1cccnc1. The lowest BCUT2D eigenvalue weighted by Crippen LogP contribution is -2.23. The molecule has 0 saturated heterocycles. The number of pyridine rings is 2. The van der Waals surface area contributed by atoms with E-state index in [2.05, 4.69) is 25.0 Å². The molecule has 0 unspecified atom stereocenters. The molecule has 0 amide bonds. The van der Waals surface area contributed by atoms with Gasteiger partial charge in [-0.1, -0.05) is 24.3 Å². The molecular formula is C26H22N6O4S. The Kier molecular flexibility index (Phi) is 6.28. The zero-order valence-corrected chi connectivity index (χ0v) is 20.7. The first-order valence-corrected chi connectivity index (χ1v) is 12.7. The summed E-state index contributed by atoms with van der Waals surface area (Å²) >= 11 is 0. The van der Waals surface area contributed by atoms with E-state index >= 15 is 0 Å². The molecule has 10 nitrogen and oxygen atoms in total. The average Bonchev–Trinajstić information content (AvgIpc) is 2.93. The van der Waals surface area contributed by atoms with Gasteiger partial charge in [0, 0.05) is 30.7 Å². The highest BCUT2D eigenvalue weighted by molar-refractivity contribution is 7.92. The predicted octanol–water partition coefficient (Wildman–Crippen LogP) is 3.69. The Morgan fingerprint density at radius 3 is 2.46 bits per heavy atom. The molecule has 3 heterocycles. The fourth-order valence-electron chi connectivity index (χ4n) is 3.91. The number of sulfonamides is 1. The van der Waals surface area contributed by atoms with E-state index in [1.165, 1.54) is 23.9 Å². The largest absolute Gasteiger partial charge is 0.480 e. The van der Waals surface area contributed by atoms with Crippen LogP contribution in [0.2, 0.25) is 0 Å². The molecule has 5 rings (SSSR count). The summed E-state index contributed by atoms with van der Waals surface area (Å²) in [6.45, 7) is 0. The number of hydrogen-bond donors (Lipinski definition) is 2. The van der Waals surface area contributed by atoms with E-state index in [0.29, 0.717) is 39.4 Å². The molecule has 0 aliphatic heterocycles. The van der Waals surface area contributed by atoms with E-state index in [9.17, 15) is 13.2 Å². The zero-order valence-electron chi connectivity index (χ0n) is 19.9. The van der Waals surface area contributed by atoms with Gasteiger partial charge in [-0.3, -0.25) is 14.5 Å². The van der Waals surface area contributed by atoms with E-state index < -0.39 is 10.0 Å². The lowest BCUT2D eigenvalue weighted by molar-refractivity contribution is 0.385. The molecule has 0 spiro atoms. The normalized spacial score (nSPS) is 11.3. The monoisotopic (exact) mass is 514 g/mol. The second kappa shape index (κ2) is 9.70. The van der Waals surface area contributed by atoms with Crippen molar-refractivity contribution in [3.05, 3.63) is 95.7 Å². The van der Waals surface area contributed by atoms with Gasteiger partial charge in [0.05, 0.1) is 29.9 Å². The minimum atomic E-state index is -4.02. The summed E-state index contributed by atoms with van der Waals surface area (Å²) in [7, 11) is -0.983. The first-order chi connectivity index (χ1) is 17.9. The molecular weight excluding hydrogens is 492 g/mol. The number of rotatable bonds is 7. The van der Waals surface area contributed by atoms with Crippen LogP contribution in [0.4, 0.5) is 11.6 Å². The van der Waals surface area contributed by atoms with Crippen LogP contribution >= 0.6 is 0 Å². The van der Waals surface area contributed by atoms with Gasteiger partial charge in [0.15, 0.2) is 0 Å². The number of nitrogens with one attached hydrogen (secondary N) is 2. The van der Waals surface area contributed by atoms with Gasteiger partial charge in [-0.05, 0) is 48.0 Å². The second-order valence-electron chi connectivity index (χ2n) is 7.97. The minimum absolute atomic E-state index is 0.0489. The highest BCUT2D eigenvalue weighted by atomic mass is 32.2. The van der Waals surface area contributed by atoms with Crippen molar-refractivity contribution in [3.63, 3.8) is 0 Å². The number of aromatic nitrogens is 4. The van der Waals surface area contributed by atoms with E-state index in [1.54, 1.807) is 80.1 Å². The Balaban J connectivity index is 1.64. The average molecular weight is 515 g/mol. The van der Waals surface area contributed by atoms with Gasteiger partial charge in [0.25, 0.3) is 15.6 Å². The number of para-hydroxylation sites is 1. The lowest BCUT2D eigenvalue weighted by Gasteiger charge is -2.14. The standard InChI is InChI=1S/C26H22N6O4S/c1-27-26-30-22-11-10-17(13-21(22)25(33)32(26)20-9-6-12-28-16-20)18-14-23(24(36-2)29-15-18)37(34,35)31-19-7-4-3-5-8-19/h3-16,31H,1-2H3,(H,27,30). The highest BCUT2D eigenvalue weighted by Crippen LogP contribution is 2.30. The molecule has 0 bridgehead atoms. The number of nitrogens with zero attached hydrogens (tertiary/aromatic N) is 4. The fourth-order valence-corrected chi connectivity index (χ4v) is 5.11. The van der Waals surface area contributed by atoms with Crippen molar-refractivity contribution < 1.29 is 13.2 Å². The molecule has 3 aromatic heterocycles. The topological polar surface area (TPSA) is 128 Å². The first kappa shape index (κ1) is 23.9. The number of methoxy groups -OCH3 is 1. The summed E-state index contributed by atoms with van der Waals surface area (Å²) in [6.07, 6.45) is 4.69. The summed E-state index contributed by atoms with van der Waals surface area (Å²) < 4.78 is 35.6. The number of hydrogen-bond acceptors (Lipinski definition) is 8. The van der Waals surface area contributed by atoms with Gasteiger partial charge >= 0.3 is 0 Å². The van der Waals surface area contributed by atoms with E-state index in [4.69, 9.17) is 4.74 Å². The molecule has 0 fully saturated rings. The maximum Gasteiger partial charge on any atom is 0.267 e. The van der Waals surface area contributed by atoms with Crippen molar-refractivity contribution in [2.75, 3.05) is 24.2 Å². The predicted molar refractivity (Wildman–Crippen MR) is 142 cm³/mol. The molecule has 37 heavy (non-hydrogen) atoms. The number of benzene rings is 2. The highest BCUT2D eigenvalue weighted by Gasteiger charge is 2.22. The molecule has 0 aliphatic rings. The maximum atomic E-state index is 13.5. The van der Waals surface area contributed by atoms with Crippen molar-refractivity contribution in [2.45, 2.75) is 4.90 Å². The third-order valence-electron chi connectivity index (χ3n) is 5.66. The maximum absolute atomic E-state index is 13.5. The Morgan fingerprint density at radius 2 is 1.76 bits per heavy atom. The van der Waals surface area contributed by atoms with Crippen molar-refractivity contribution >= 4 is 32.6 Å². The van der Waals surface area contributed by atoms with Gasteiger partial charge in [-0.2, -0.15) is 0 Å². The van der Waals surface area contributed by atoms with Crippen molar-refractivity contribution in [3.8, 4) is 22.7 Å². The summed E-state index contributed by atoms with van der Waals surface area (Å²) in [5.41, 5.74) is 2.22. The third kappa shape index (κ3) is 4.59. The van der Waals surface area contributed by atoms with Gasteiger partial charge < -0.3 is 10.1 Å². The van der Waals surface area contributed by atoms with Crippen molar-refractivity contribution in [1.82, 2.24) is 19.5 Å². The zero-order chi connectivity index (χ0) is 26.0. The lowest BCUT2D eigenvalue weighted by atomic mass is 10.1. The smallest absolute Gasteiger partial charge is 0.267 e. The quantitative estimate of drug-likeness (QED) is 0.337. The number of anilines is 2. The van der Waals surface area contributed by atoms with E-state index in [1.807, 2.05) is 0 Å². The van der Waals surface area contributed by atoms with Gasteiger partial charge in [0.1, 0.15) is 4.90 Å². The van der Waals surface area contributed by atoms with Crippen LogP contribution in [0, 0.1) is 0 Å². The van der Waals surface area contributed by atoms with Gasteiger partial charge in [0.2, 0.25) is 11.8 Å². The molecule has 0 saturated carbocycles. The molecule has 5 aromatic rings. The van der Waals surface area contributed by atoms with Crippen molar-refractivity contribution in [1.29, 1.82) is 0 Å². The van der Waals surface area contributed by atoms with Crippen LogP contribution in [0.15, 0.2) is 95.0 Å². The molecule has 11 heteroatoms. The van der Waals surface area contributed by atoms with Gasteiger partial charge in [-0.15, -0.1) is 0 Å². The molecule has 186 valence electrons. The third-order valence-corrected chi connectivity index (χ3v) is 7.03. The molecule has 2 N–H and O–H groups in total. The number of fused-ring (bicyclic) bond motifs is 1. The summed E-state index contributed by atoms with van der Waals surface area (Å²) in [5.74, 6) is 0.317. The van der Waals surface area contributed by atoms with Crippen molar-refractivity contribution in [2.24, 2.45) is 0 Å². The van der Waals surface area contributed by atoms with Crippen LogP contribution in [0.1, 0.15) is 0 Å². The van der Waals surface area contributed by atoms with Crippen LogP contribution in [-0.2, 0) is 10.0 Å². The van der Waals surface area contributed by atoms with E-state index in [0.717, 1.165) is 0 Å². The minimum Gasteiger partial charge on any atom is -0.480 e. The summed E-state index contributed by atoms with van der Waals surface area (Å²) in [4.78, 5) is 26.3. The van der Waals surface area contributed by atoms with E-state index in [-0.39, 0.29) is 16.3 Å². The summed E-state index contributed by atoms with van der Waals surface area (Å²) in [5, 5.41) is 3.31. The van der Waals surface area contributed by atoms with Crippen LogP contribution in [0.5, 0.6) is 5.88 Å². The van der Waals surface area contributed by atoms with Crippen LogP contribution in [0.25, 0.3) is 27.7 Å². The number of ether oxygens (including phenoxy) is 1. The fraction of sp³-hybridized carbons (Fsp3) is 0.0769. The Bertz CT molecular complexity index is 1760. The van der Waals surface area contributed by atoms with Gasteiger partial charge in [-0.25, -0.2) is 23.0 Å². The van der Waals surface area contributed by atoms with Crippen LogP contribution < -0.4 is 20.3 Å². The van der Waals surface area contributed by atoms with Crippen LogP contribution in [0.3, 0.4) is 0 Å². The Morgan fingerprint density at radius 1 is 0.946 bits per heavy atom. The first-order valence-electron chi connectivity index (χ1n) is 11.2. The molecule has 0 aliphatic carbocycles. The summed E-state index contributed by atoms with van der Waals surface area (Å²) in [6, 6.07) is 18.6. The second-order valence-corrected chi connectivity index (χ2v) is 9.62. The Labute approximate surface area is 212 Å². The molecule has 2 aromatic carbocycles. The van der Waals surface area contributed by atoms with Crippen LogP contribution in [-0.4, -0.2) is 42.1 Å². The molecule has 0 atom stereocenters. The molecule has 0 radical (unpaired) electrons. The Hall–Kier alpha value is -4.77.